The lowest BCUT2D eigenvalue weighted by atomic mass is 10.1. The van der Waals surface area contributed by atoms with Gasteiger partial charge in [0.1, 0.15) is 11.6 Å². The summed E-state index contributed by atoms with van der Waals surface area (Å²) >= 11 is 6.24. The summed E-state index contributed by atoms with van der Waals surface area (Å²) in [5.41, 5.74) is 1.11. The van der Waals surface area contributed by atoms with Crippen LogP contribution in [0, 0.1) is 0 Å². The molecule has 0 aliphatic carbocycles. The third kappa shape index (κ3) is 3.79. The van der Waals surface area contributed by atoms with Crippen LogP contribution in [0.3, 0.4) is 0 Å². The van der Waals surface area contributed by atoms with E-state index in [1.54, 1.807) is 10.6 Å². The maximum Gasteiger partial charge on any atom is 0.255 e. The third-order valence-corrected chi connectivity index (χ3v) is 4.78. The predicted molar refractivity (Wildman–Crippen MR) is 98.1 cm³/mol. The molecule has 1 saturated heterocycles. The Kier molecular flexibility index (Phi) is 5.53. The third-order valence-electron chi connectivity index (χ3n) is 4.41. The van der Waals surface area contributed by atoms with Crippen LogP contribution in [0.15, 0.2) is 35.1 Å². The first-order chi connectivity index (χ1) is 11.7. The van der Waals surface area contributed by atoms with Crippen molar-refractivity contribution >= 4 is 17.4 Å². The maximum absolute atomic E-state index is 12.5. The van der Waals surface area contributed by atoms with E-state index in [9.17, 15) is 4.79 Å². The van der Waals surface area contributed by atoms with Crippen LogP contribution < -0.4 is 15.8 Å². The van der Waals surface area contributed by atoms with Gasteiger partial charge in [-0.25, -0.2) is 4.98 Å². The van der Waals surface area contributed by atoms with E-state index in [0.29, 0.717) is 13.0 Å². The molecule has 0 spiro atoms. The zero-order valence-electron chi connectivity index (χ0n) is 14.0. The Bertz CT molecular complexity index is 753. The molecule has 1 aliphatic heterocycles. The number of nitrogens with zero attached hydrogens (tertiary/aromatic N) is 3. The highest BCUT2D eigenvalue weighted by Gasteiger charge is 2.15. The van der Waals surface area contributed by atoms with Crippen molar-refractivity contribution < 1.29 is 0 Å². The fourth-order valence-corrected chi connectivity index (χ4v) is 3.30. The van der Waals surface area contributed by atoms with Crippen LogP contribution in [0.2, 0.25) is 5.02 Å². The molecule has 6 heteroatoms. The summed E-state index contributed by atoms with van der Waals surface area (Å²) in [5.74, 6) is 1.62. The van der Waals surface area contributed by atoms with E-state index in [2.05, 4.69) is 10.2 Å². The van der Waals surface area contributed by atoms with Crippen molar-refractivity contribution in [2.45, 2.75) is 26.3 Å². The van der Waals surface area contributed by atoms with E-state index < -0.39 is 0 Å². The first kappa shape index (κ1) is 17.0. The number of aryl methyl sites for hydroxylation is 2. The molecule has 2 aromatic rings. The van der Waals surface area contributed by atoms with Gasteiger partial charge in [0.2, 0.25) is 0 Å². The van der Waals surface area contributed by atoms with E-state index in [1.807, 2.05) is 31.2 Å². The molecule has 1 aliphatic rings. The molecule has 1 N–H and O–H groups in total. The highest BCUT2D eigenvalue weighted by atomic mass is 35.5. The van der Waals surface area contributed by atoms with Gasteiger partial charge in [0.05, 0.1) is 0 Å². The number of rotatable bonds is 5. The summed E-state index contributed by atoms with van der Waals surface area (Å²) in [6, 6.07) is 9.49. The molecule has 1 fully saturated rings. The monoisotopic (exact) mass is 346 g/mol. The van der Waals surface area contributed by atoms with E-state index in [-0.39, 0.29) is 5.56 Å². The van der Waals surface area contributed by atoms with Gasteiger partial charge in [-0.2, -0.15) is 0 Å². The lowest BCUT2D eigenvalue weighted by Gasteiger charge is -2.29. The summed E-state index contributed by atoms with van der Waals surface area (Å²) in [4.78, 5) is 19.4. The fraction of sp³-hybridized carbons (Fsp3) is 0.444. The minimum Gasteiger partial charge on any atom is -0.354 e. The van der Waals surface area contributed by atoms with Crippen LogP contribution in [0.25, 0.3) is 0 Å². The molecule has 0 radical (unpaired) electrons. The van der Waals surface area contributed by atoms with Gasteiger partial charge in [0.25, 0.3) is 5.56 Å². The molecular weight excluding hydrogens is 324 g/mol. The molecule has 3 rings (SSSR count). The Morgan fingerprint density at radius 2 is 1.96 bits per heavy atom. The molecule has 0 amide bonds. The maximum atomic E-state index is 12.5. The van der Waals surface area contributed by atoms with E-state index in [0.717, 1.165) is 54.8 Å². The molecule has 0 bridgehead atoms. The molecule has 5 nitrogen and oxygen atoms in total. The topological polar surface area (TPSA) is 50.2 Å². The first-order valence-corrected chi connectivity index (χ1v) is 8.86. The Labute approximate surface area is 147 Å². The largest absolute Gasteiger partial charge is 0.354 e. The molecular formula is C18H23ClN4O. The Balaban J connectivity index is 1.86. The molecule has 128 valence electrons. The number of halogens is 1. The van der Waals surface area contributed by atoms with Gasteiger partial charge >= 0.3 is 0 Å². The van der Waals surface area contributed by atoms with Crippen LogP contribution in [-0.2, 0) is 19.4 Å². The second-order valence-electron chi connectivity index (χ2n) is 5.94. The highest BCUT2D eigenvalue weighted by Crippen LogP contribution is 2.17. The SMILES string of the molecule is CCn1c(CCc2ccccc2Cl)nc(N2CCNCC2)cc1=O. The molecule has 24 heavy (non-hydrogen) atoms. The van der Waals surface area contributed by atoms with E-state index in [4.69, 9.17) is 16.6 Å². The summed E-state index contributed by atoms with van der Waals surface area (Å²) in [6.07, 6.45) is 1.48. The van der Waals surface area contributed by atoms with Crippen LogP contribution in [0.1, 0.15) is 18.3 Å². The molecule has 1 aromatic carbocycles. The normalized spacial score (nSPS) is 14.8. The fourth-order valence-electron chi connectivity index (χ4n) is 3.07. The van der Waals surface area contributed by atoms with E-state index >= 15 is 0 Å². The van der Waals surface area contributed by atoms with Gasteiger partial charge in [0.15, 0.2) is 0 Å². The predicted octanol–water partition coefficient (Wildman–Crippen LogP) is 2.11. The molecule has 2 heterocycles. The van der Waals surface area contributed by atoms with Crippen molar-refractivity contribution in [2.75, 3.05) is 31.1 Å². The second kappa shape index (κ2) is 7.81. The summed E-state index contributed by atoms with van der Waals surface area (Å²) in [7, 11) is 0. The summed E-state index contributed by atoms with van der Waals surface area (Å²) in [5, 5.41) is 4.09. The molecule has 0 atom stereocenters. The number of hydrogen-bond acceptors (Lipinski definition) is 4. The average Bonchev–Trinajstić information content (AvgIpc) is 2.61. The lowest BCUT2D eigenvalue weighted by Crippen LogP contribution is -2.44. The van der Waals surface area contributed by atoms with Crippen molar-refractivity contribution in [1.82, 2.24) is 14.9 Å². The van der Waals surface area contributed by atoms with Gasteiger partial charge in [-0.05, 0) is 25.0 Å². The Morgan fingerprint density at radius 3 is 2.67 bits per heavy atom. The van der Waals surface area contributed by atoms with Crippen molar-refractivity contribution in [3.8, 4) is 0 Å². The standard InChI is InChI=1S/C18H23ClN4O/c1-2-23-16(8-7-14-5-3-4-6-15(14)19)21-17(13-18(23)24)22-11-9-20-10-12-22/h3-6,13,20H,2,7-12H2,1H3. The minimum atomic E-state index is 0.0233. The van der Waals surface area contributed by atoms with Gasteiger partial charge in [0, 0.05) is 50.2 Å². The number of piperazine rings is 1. The van der Waals surface area contributed by atoms with Crippen molar-refractivity contribution in [1.29, 1.82) is 0 Å². The Hall–Kier alpha value is -1.85. The van der Waals surface area contributed by atoms with E-state index in [1.165, 1.54) is 0 Å². The zero-order chi connectivity index (χ0) is 16.9. The van der Waals surface area contributed by atoms with Crippen LogP contribution >= 0.6 is 11.6 Å². The van der Waals surface area contributed by atoms with Crippen molar-refractivity contribution in [3.05, 3.63) is 57.1 Å². The average molecular weight is 347 g/mol. The van der Waals surface area contributed by atoms with Gasteiger partial charge in [-0.3, -0.25) is 9.36 Å². The van der Waals surface area contributed by atoms with Crippen molar-refractivity contribution in [2.24, 2.45) is 0 Å². The number of benzene rings is 1. The molecule has 1 aromatic heterocycles. The van der Waals surface area contributed by atoms with Gasteiger partial charge in [-0.1, -0.05) is 29.8 Å². The van der Waals surface area contributed by atoms with Crippen LogP contribution in [0.4, 0.5) is 5.82 Å². The summed E-state index contributed by atoms with van der Waals surface area (Å²) in [6.45, 7) is 6.22. The lowest BCUT2D eigenvalue weighted by molar-refractivity contribution is 0.575. The highest BCUT2D eigenvalue weighted by molar-refractivity contribution is 6.31. The van der Waals surface area contributed by atoms with Crippen molar-refractivity contribution in [3.63, 3.8) is 0 Å². The second-order valence-corrected chi connectivity index (χ2v) is 6.35. The zero-order valence-corrected chi connectivity index (χ0v) is 14.7. The van der Waals surface area contributed by atoms with Gasteiger partial charge in [-0.15, -0.1) is 0 Å². The molecule has 0 unspecified atom stereocenters. The molecule has 0 saturated carbocycles. The first-order valence-electron chi connectivity index (χ1n) is 8.49. The number of hydrogen-bond donors (Lipinski definition) is 1. The van der Waals surface area contributed by atoms with Gasteiger partial charge < -0.3 is 10.2 Å². The quantitative estimate of drug-likeness (QED) is 0.901. The summed E-state index contributed by atoms with van der Waals surface area (Å²) < 4.78 is 1.75. The number of anilines is 1. The Morgan fingerprint density at radius 1 is 1.21 bits per heavy atom. The smallest absolute Gasteiger partial charge is 0.255 e. The van der Waals surface area contributed by atoms with Crippen LogP contribution in [0.5, 0.6) is 0 Å². The minimum absolute atomic E-state index is 0.0233. The number of aromatic nitrogens is 2. The van der Waals surface area contributed by atoms with Crippen LogP contribution in [-0.4, -0.2) is 35.7 Å². The number of nitrogens with one attached hydrogen (secondary N) is 1.